The topological polar surface area (TPSA) is 35.5 Å². The molecule has 0 amide bonds. The molecule has 0 heterocycles. The van der Waals surface area contributed by atoms with Crippen molar-refractivity contribution in [2.45, 2.75) is 0 Å². The van der Waals surface area contributed by atoms with E-state index >= 15 is 0 Å². The number of hydrogen-bond acceptors (Lipinski definition) is 3. The van der Waals surface area contributed by atoms with Crippen LogP contribution >= 0.6 is 0 Å². The van der Waals surface area contributed by atoms with Gasteiger partial charge in [-0.1, -0.05) is 12.1 Å². The number of benzene rings is 2. The van der Waals surface area contributed by atoms with Gasteiger partial charge in [-0.25, -0.2) is 0 Å². The second-order valence-electron chi connectivity index (χ2n) is 3.06. The number of methoxy groups -OCH3 is 1. The summed E-state index contributed by atoms with van der Waals surface area (Å²) in [6.45, 7) is 0.418. The van der Waals surface area contributed by atoms with Gasteiger partial charge in [0.1, 0.15) is 11.5 Å². The smallest absolute Gasteiger partial charge is 0.298 e. The van der Waals surface area contributed by atoms with E-state index in [4.69, 9.17) is 9.47 Å². The summed E-state index contributed by atoms with van der Waals surface area (Å²) in [7, 11) is 1.63. The number of carbonyl (C=O) groups is 1. The van der Waals surface area contributed by atoms with Crippen LogP contribution < -0.4 is 9.47 Å². The number of rotatable bonds is 3. The molecule has 0 radical (unpaired) electrons. The first kappa shape index (κ1) is 9.52. The molecular formula is C12H10O3. The standard InChI is InChI=1S/C12H10O3/c1-14-12-4-2-3-9-7-10(15-8-13)5-6-11(9)12/h2-8H,1H3. The molecule has 0 aliphatic carbocycles. The SMILES string of the molecule is COc1cccc2cc(OC=O)ccc12. The third kappa shape index (κ3) is 1.76. The van der Waals surface area contributed by atoms with Gasteiger partial charge in [-0.05, 0) is 29.7 Å². The molecule has 0 saturated heterocycles. The van der Waals surface area contributed by atoms with Crippen molar-refractivity contribution < 1.29 is 14.3 Å². The summed E-state index contributed by atoms with van der Waals surface area (Å²) in [6.07, 6.45) is 0. The monoisotopic (exact) mass is 202 g/mol. The molecule has 3 nitrogen and oxygen atoms in total. The van der Waals surface area contributed by atoms with Gasteiger partial charge >= 0.3 is 0 Å². The summed E-state index contributed by atoms with van der Waals surface area (Å²) < 4.78 is 9.98. The Hall–Kier alpha value is -2.03. The fourth-order valence-electron chi connectivity index (χ4n) is 1.54. The van der Waals surface area contributed by atoms with Gasteiger partial charge in [0.05, 0.1) is 7.11 Å². The summed E-state index contributed by atoms with van der Waals surface area (Å²) in [5.74, 6) is 1.34. The van der Waals surface area contributed by atoms with Crippen LogP contribution in [0, 0.1) is 0 Å². The first-order valence-corrected chi connectivity index (χ1v) is 4.52. The Labute approximate surface area is 87.2 Å². The second kappa shape index (κ2) is 4.00. The number of carbonyl (C=O) groups excluding carboxylic acids is 1. The lowest BCUT2D eigenvalue weighted by Crippen LogP contribution is -1.89. The molecule has 0 aliphatic rings. The van der Waals surface area contributed by atoms with Gasteiger partial charge in [0, 0.05) is 5.39 Å². The van der Waals surface area contributed by atoms with Gasteiger partial charge in [-0.15, -0.1) is 0 Å². The molecule has 2 aromatic rings. The van der Waals surface area contributed by atoms with Gasteiger partial charge < -0.3 is 9.47 Å². The summed E-state index contributed by atoms with van der Waals surface area (Å²) in [5.41, 5.74) is 0. The third-order valence-corrected chi connectivity index (χ3v) is 2.22. The highest BCUT2D eigenvalue weighted by Crippen LogP contribution is 2.28. The number of ether oxygens (including phenoxy) is 2. The summed E-state index contributed by atoms with van der Waals surface area (Å²) in [6, 6.07) is 11.1. The van der Waals surface area contributed by atoms with Crippen LogP contribution in [0.3, 0.4) is 0 Å². The Morgan fingerprint density at radius 1 is 1.20 bits per heavy atom. The fraction of sp³-hybridized carbons (Fsp3) is 0.0833. The highest BCUT2D eigenvalue weighted by molar-refractivity contribution is 5.89. The van der Waals surface area contributed by atoms with E-state index in [2.05, 4.69) is 0 Å². The zero-order valence-corrected chi connectivity index (χ0v) is 8.27. The number of fused-ring (bicyclic) bond motifs is 1. The van der Waals surface area contributed by atoms with E-state index in [1.807, 2.05) is 24.3 Å². The minimum absolute atomic E-state index is 0.418. The average Bonchev–Trinajstić information content (AvgIpc) is 2.28. The van der Waals surface area contributed by atoms with Crippen LogP contribution in [0.15, 0.2) is 36.4 Å². The largest absolute Gasteiger partial charge is 0.496 e. The van der Waals surface area contributed by atoms with Crippen LogP contribution in [0.2, 0.25) is 0 Å². The molecule has 0 aromatic heterocycles. The first-order valence-electron chi connectivity index (χ1n) is 4.52. The van der Waals surface area contributed by atoms with Crippen molar-refractivity contribution in [2.75, 3.05) is 7.11 Å². The fourth-order valence-corrected chi connectivity index (χ4v) is 1.54. The Balaban J connectivity index is 2.58. The lowest BCUT2D eigenvalue weighted by molar-refractivity contribution is -0.120. The predicted octanol–water partition coefficient (Wildman–Crippen LogP) is 2.38. The predicted molar refractivity (Wildman–Crippen MR) is 57.2 cm³/mol. The quantitative estimate of drug-likeness (QED) is 0.717. The van der Waals surface area contributed by atoms with E-state index in [1.165, 1.54) is 0 Å². The maximum atomic E-state index is 10.2. The Morgan fingerprint density at radius 2 is 2.07 bits per heavy atom. The minimum Gasteiger partial charge on any atom is -0.496 e. The van der Waals surface area contributed by atoms with E-state index in [9.17, 15) is 4.79 Å². The van der Waals surface area contributed by atoms with E-state index in [0.29, 0.717) is 12.2 Å². The number of hydrogen-bond donors (Lipinski definition) is 0. The molecular weight excluding hydrogens is 192 g/mol. The van der Waals surface area contributed by atoms with Crippen LogP contribution in [0.25, 0.3) is 10.8 Å². The molecule has 0 atom stereocenters. The second-order valence-corrected chi connectivity index (χ2v) is 3.06. The Morgan fingerprint density at radius 3 is 2.80 bits per heavy atom. The maximum absolute atomic E-state index is 10.2. The van der Waals surface area contributed by atoms with Crippen LogP contribution in [0.1, 0.15) is 0 Å². The Kier molecular flexibility index (Phi) is 2.54. The lowest BCUT2D eigenvalue weighted by atomic mass is 10.1. The Bertz CT molecular complexity index is 491. The van der Waals surface area contributed by atoms with Gasteiger partial charge in [-0.3, -0.25) is 4.79 Å². The lowest BCUT2D eigenvalue weighted by Gasteiger charge is -2.05. The van der Waals surface area contributed by atoms with Gasteiger partial charge in [0.25, 0.3) is 6.47 Å². The van der Waals surface area contributed by atoms with Gasteiger partial charge in [0.15, 0.2) is 0 Å². The molecule has 0 N–H and O–H groups in total. The molecule has 0 bridgehead atoms. The van der Waals surface area contributed by atoms with E-state index in [1.54, 1.807) is 19.2 Å². The molecule has 0 aliphatic heterocycles. The van der Waals surface area contributed by atoms with Crippen molar-refractivity contribution in [3.8, 4) is 11.5 Å². The highest BCUT2D eigenvalue weighted by Gasteiger charge is 2.01. The molecule has 2 aromatic carbocycles. The van der Waals surface area contributed by atoms with Gasteiger partial charge in [0.2, 0.25) is 0 Å². The van der Waals surface area contributed by atoms with Crippen molar-refractivity contribution >= 4 is 17.2 Å². The van der Waals surface area contributed by atoms with Crippen molar-refractivity contribution in [2.24, 2.45) is 0 Å². The van der Waals surface area contributed by atoms with E-state index < -0.39 is 0 Å². The molecule has 3 heteroatoms. The van der Waals surface area contributed by atoms with Gasteiger partial charge in [-0.2, -0.15) is 0 Å². The summed E-state index contributed by atoms with van der Waals surface area (Å²) in [4.78, 5) is 10.2. The van der Waals surface area contributed by atoms with Crippen molar-refractivity contribution in [3.05, 3.63) is 36.4 Å². The van der Waals surface area contributed by atoms with Crippen molar-refractivity contribution in [1.29, 1.82) is 0 Å². The highest BCUT2D eigenvalue weighted by atomic mass is 16.5. The summed E-state index contributed by atoms with van der Waals surface area (Å²) in [5, 5.41) is 1.98. The average molecular weight is 202 g/mol. The molecule has 76 valence electrons. The van der Waals surface area contributed by atoms with E-state index in [0.717, 1.165) is 16.5 Å². The third-order valence-electron chi connectivity index (χ3n) is 2.22. The first-order chi connectivity index (χ1) is 7.35. The molecule has 0 fully saturated rings. The van der Waals surface area contributed by atoms with Crippen LogP contribution in [0.5, 0.6) is 11.5 Å². The van der Waals surface area contributed by atoms with E-state index in [-0.39, 0.29) is 0 Å². The zero-order chi connectivity index (χ0) is 10.7. The normalized spacial score (nSPS) is 9.93. The zero-order valence-electron chi connectivity index (χ0n) is 8.27. The van der Waals surface area contributed by atoms with Crippen molar-refractivity contribution in [3.63, 3.8) is 0 Å². The van der Waals surface area contributed by atoms with Crippen LogP contribution in [-0.2, 0) is 4.79 Å². The molecule has 15 heavy (non-hydrogen) atoms. The van der Waals surface area contributed by atoms with Crippen molar-refractivity contribution in [1.82, 2.24) is 0 Å². The summed E-state index contributed by atoms with van der Waals surface area (Å²) >= 11 is 0. The molecule has 0 spiro atoms. The minimum atomic E-state index is 0.418. The van der Waals surface area contributed by atoms with Crippen LogP contribution in [0.4, 0.5) is 0 Å². The maximum Gasteiger partial charge on any atom is 0.298 e. The molecule has 2 rings (SSSR count). The van der Waals surface area contributed by atoms with Crippen LogP contribution in [-0.4, -0.2) is 13.6 Å². The molecule has 0 saturated carbocycles. The molecule has 0 unspecified atom stereocenters.